The molecule has 4 aromatic heterocycles. The molecule has 0 unspecified atom stereocenters. The summed E-state index contributed by atoms with van der Waals surface area (Å²) in [6.07, 6.45) is 5.90. The normalized spacial score (nSPS) is 19.3. The predicted octanol–water partition coefficient (Wildman–Crippen LogP) is 1.26. The topological polar surface area (TPSA) is 133 Å². The molecule has 1 fully saturated rings. The third-order valence-corrected chi connectivity index (χ3v) is 4.88. The summed E-state index contributed by atoms with van der Waals surface area (Å²) < 4.78 is 17.3. The van der Waals surface area contributed by atoms with Crippen LogP contribution < -0.4 is 5.32 Å². The van der Waals surface area contributed by atoms with Crippen molar-refractivity contribution in [2.24, 2.45) is 0 Å². The number of imidazole rings is 1. The summed E-state index contributed by atoms with van der Waals surface area (Å²) in [6.45, 7) is -0.259. The fourth-order valence-corrected chi connectivity index (χ4v) is 3.48. The second-order valence-corrected chi connectivity index (χ2v) is 6.71. The van der Waals surface area contributed by atoms with E-state index >= 15 is 0 Å². The van der Waals surface area contributed by atoms with Gasteiger partial charge in [-0.1, -0.05) is 0 Å². The number of aromatic nitrogens is 6. The van der Waals surface area contributed by atoms with E-state index in [1.807, 2.05) is 6.20 Å². The van der Waals surface area contributed by atoms with Gasteiger partial charge in [-0.2, -0.15) is 4.98 Å². The Morgan fingerprint density at radius 3 is 2.93 bits per heavy atom. The van der Waals surface area contributed by atoms with Crippen molar-refractivity contribution in [3.05, 3.63) is 37.1 Å². The Hall–Kier alpha value is -3.96. The molecule has 12 heteroatoms. The minimum Gasteiger partial charge on any atom is -0.492 e. The van der Waals surface area contributed by atoms with Crippen LogP contribution in [0.15, 0.2) is 37.1 Å². The minimum atomic E-state index is -1.40. The summed E-state index contributed by atoms with van der Waals surface area (Å²) >= 11 is 0. The Labute approximate surface area is 162 Å². The lowest BCUT2D eigenvalue weighted by atomic mass is 10.1. The molecule has 0 spiro atoms. The van der Waals surface area contributed by atoms with Gasteiger partial charge in [0.15, 0.2) is 0 Å². The molecule has 5 heterocycles. The number of halogens is 1. The summed E-state index contributed by atoms with van der Waals surface area (Å²) in [5.74, 6) is 0.258. The highest BCUT2D eigenvalue weighted by atomic mass is 19.1. The van der Waals surface area contributed by atoms with Gasteiger partial charge in [-0.15, -0.1) is 5.10 Å². The Morgan fingerprint density at radius 1 is 1.28 bits per heavy atom. The van der Waals surface area contributed by atoms with Crippen LogP contribution in [0.25, 0.3) is 22.4 Å². The lowest BCUT2D eigenvalue weighted by Crippen LogP contribution is -2.32. The van der Waals surface area contributed by atoms with Gasteiger partial charge in [0.2, 0.25) is 17.6 Å². The minimum absolute atomic E-state index is 0.000209. The van der Waals surface area contributed by atoms with Crippen LogP contribution in [0.2, 0.25) is 0 Å². The number of carbonyl (C=O) groups is 1. The maximum atomic E-state index is 14.1. The molecule has 1 aliphatic rings. The Bertz CT molecular complexity index is 1240. The van der Waals surface area contributed by atoms with Gasteiger partial charge in [0.1, 0.15) is 11.7 Å². The largest absolute Gasteiger partial charge is 0.492 e. The fraction of sp³-hybridized carbons (Fsp3) is 0.235. The smallest absolute Gasteiger partial charge is 0.407 e. The molecule has 5 rings (SSSR count). The summed E-state index contributed by atoms with van der Waals surface area (Å²) in [5.41, 5.74) is 1.76. The van der Waals surface area contributed by atoms with Crippen molar-refractivity contribution in [3.8, 4) is 17.0 Å². The number of carboxylic acid groups (broad SMARTS) is 1. The van der Waals surface area contributed by atoms with Crippen LogP contribution in [0.5, 0.6) is 5.88 Å². The number of alkyl halides is 1. The van der Waals surface area contributed by atoms with E-state index in [4.69, 9.17) is 5.11 Å². The lowest BCUT2D eigenvalue weighted by molar-refractivity contribution is 0.152. The highest BCUT2D eigenvalue weighted by molar-refractivity contribution is 5.83. The number of nitrogens with one attached hydrogen (secondary N) is 1. The van der Waals surface area contributed by atoms with Crippen molar-refractivity contribution in [1.29, 1.82) is 0 Å². The van der Waals surface area contributed by atoms with Gasteiger partial charge in [-0.25, -0.2) is 23.7 Å². The third kappa shape index (κ3) is 2.85. The number of amides is 1. The second kappa shape index (κ2) is 6.29. The number of fused-ring (bicyclic) bond motifs is 2. The number of nitrogens with zero attached hydrogens (tertiary/aromatic N) is 7. The van der Waals surface area contributed by atoms with Crippen LogP contribution in [0.1, 0.15) is 0 Å². The van der Waals surface area contributed by atoms with Crippen molar-refractivity contribution >= 4 is 23.3 Å². The molecule has 29 heavy (non-hydrogen) atoms. The number of hydrogen-bond acceptors (Lipinski definition) is 7. The van der Waals surface area contributed by atoms with Crippen molar-refractivity contribution in [2.45, 2.75) is 12.2 Å². The first-order chi connectivity index (χ1) is 14.0. The van der Waals surface area contributed by atoms with Gasteiger partial charge in [0, 0.05) is 48.7 Å². The van der Waals surface area contributed by atoms with Crippen LogP contribution in [0, 0.1) is 0 Å². The molecule has 0 saturated carbocycles. The molecule has 0 radical (unpaired) electrons. The standard InChI is InChI=1S/C17H15FN8O3/c18-11-7-25(17(28)29)8-12(11)21-15-22-14(27)13-10(1-3-26(13)23-15)9-5-20-16-19-2-4-24(16)6-9/h1-6,11-12H,7-8H2,(H,28,29)(H2,21,22,23,27)/t11-,12+/m0/s1. The van der Waals surface area contributed by atoms with Crippen LogP contribution in [-0.2, 0) is 0 Å². The first-order valence-corrected chi connectivity index (χ1v) is 8.75. The molecular formula is C17H15FN8O3. The molecule has 0 bridgehead atoms. The summed E-state index contributed by atoms with van der Waals surface area (Å²) in [6, 6.07) is 0.957. The molecule has 1 saturated heterocycles. The highest BCUT2D eigenvalue weighted by Crippen LogP contribution is 2.30. The van der Waals surface area contributed by atoms with E-state index in [2.05, 4.69) is 25.4 Å². The van der Waals surface area contributed by atoms with Crippen molar-refractivity contribution in [3.63, 3.8) is 0 Å². The van der Waals surface area contributed by atoms with Gasteiger partial charge < -0.3 is 20.4 Å². The van der Waals surface area contributed by atoms with E-state index in [9.17, 15) is 14.3 Å². The zero-order valence-electron chi connectivity index (χ0n) is 14.8. The quantitative estimate of drug-likeness (QED) is 0.470. The molecular weight excluding hydrogens is 383 g/mol. The first-order valence-electron chi connectivity index (χ1n) is 8.75. The van der Waals surface area contributed by atoms with Gasteiger partial charge in [0.25, 0.3) is 0 Å². The van der Waals surface area contributed by atoms with Crippen molar-refractivity contribution < 1.29 is 19.4 Å². The molecule has 1 aliphatic heterocycles. The van der Waals surface area contributed by atoms with E-state index in [1.165, 1.54) is 4.52 Å². The van der Waals surface area contributed by atoms with E-state index in [-0.39, 0.29) is 24.9 Å². The highest BCUT2D eigenvalue weighted by Gasteiger charge is 2.36. The van der Waals surface area contributed by atoms with Gasteiger partial charge >= 0.3 is 6.09 Å². The predicted molar refractivity (Wildman–Crippen MR) is 98.5 cm³/mol. The van der Waals surface area contributed by atoms with Crippen molar-refractivity contribution in [2.75, 3.05) is 18.4 Å². The lowest BCUT2D eigenvalue weighted by Gasteiger charge is -2.14. The monoisotopic (exact) mass is 398 g/mol. The summed E-state index contributed by atoms with van der Waals surface area (Å²) in [4.78, 5) is 24.4. The SMILES string of the molecule is O=C(O)N1C[C@H](F)[C@H](Nc2nc(O)c3c(-c4cnc5nccn5c4)ccn3n2)C1. The molecule has 0 aliphatic carbocycles. The number of rotatable bonds is 3. The third-order valence-electron chi connectivity index (χ3n) is 4.88. The van der Waals surface area contributed by atoms with E-state index < -0.39 is 18.3 Å². The van der Waals surface area contributed by atoms with E-state index in [0.29, 0.717) is 16.9 Å². The molecule has 0 aromatic carbocycles. The van der Waals surface area contributed by atoms with E-state index in [1.54, 1.807) is 35.3 Å². The zero-order valence-corrected chi connectivity index (χ0v) is 14.8. The fourth-order valence-electron chi connectivity index (χ4n) is 3.48. The average Bonchev–Trinajstić information content (AvgIpc) is 3.40. The molecule has 11 nitrogen and oxygen atoms in total. The van der Waals surface area contributed by atoms with Gasteiger partial charge in [-0.05, 0) is 6.07 Å². The van der Waals surface area contributed by atoms with Crippen LogP contribution >= 0.6 is 0 Å². The average molecular weight is 398 g/mol. The summed E-state index contributed by atoms with van der Waals surface area (Å²) in [7, 11) is 0. The molecule has 148 valence electrons. The Balaban J connectivity index is 1.47. The molecule has 2 atom stereocenters. The number of hydrogen-bond donors (Lipinski definition) is 3. The first kappa shape index (κ1) is 17.2. The van der Waals surface area contributed by atoms with Gasteiger partial charge in [-0.3, -0.25) is 4.40 Å². The second-order valence-electron chi connectivity index (χ2n) is 6.71. The van der Waals surface area contributed by atoms with Crippen LogP contribution in [0.3, 0.4) is 0 Å². The number of likely N-dealkylation sites (tertiary alicyclic amines) is 1. The molecule has 3 N–H and O–H groups in total. The molecule has 1 amide bonds. The Morgan fingerprint density at radius 2 is 2.14 bits per heavy atom. The zero-order chi connectivity index (χ0) is 20.1. The number of anilines is 1. The molecule has 4 aromatic rings. The van der Waals surface area contributed by atoms with Crippen LogP contribution in [-0.4, -0.2) is 75.5 Å². The maximum Gasteiger partial charge on any atom is 0.407 e. The summed E-state index contributed by atoms with van der Waals surface area (Å²) in [5, 5.41) is 26.5. The Kier molecular flexibility index (Phi) is 3.72. The van der Waals surface area contributed by atoms with Gasteiger partial charge in [0.05, 0.1) is 12.6 Å². The van der Waals surface area contributed by atoms with Crippen LogP contribution in [0.4, 0.5) is 15.1 Å². The van der Waals surface area contributed by atoms with E-state index in [0.717, 1.165) is 10.5 Å². The van der Waals surface area contributed by atoms with Crippen molar-refractivity contribution in [1.82, 2.24) is 33.9 Å². The maximum absolute atomic E-state index is 14.1. The number of aromatic hydroxyl groups is 1.